The van der Waals surface area contributed by atoms with Crippen molar-refractivity contribution < 1.29 is 4.79 Å². The van der Waals surface area contributed by atoms with Gasteiger partial charge in [-0.1, -0.05) is 18.2 Å². The van der Waals surface area contributed by atoms with Gasteiger partial charge in [-0.15, -0.1) is 0 Å². The van der Waals surface area contributed by atoms with Gasteiger partial charge in [0.05, 0.1) is 0 Å². The molecule has 0 aliphatic carbocycles. The Morgan fingerprint density at radius 1 is 1.47 bits per heavy atom. The predicted molar refractivity (Wildman–Crippen MR) is 59.7 cm³/mol. The van der Waals surface area contributed by atoms with Crippen LogP contribution in [0.1, 0.15) is 22.8 Å². The molecule has 80 valence electrons. The van der Waals surface area contributed by atoms with Crippen LogP contribution in [0, 0.1) is 0 Å². The fourth-order valence-electron chi connectivity index (χ4n) is 1.99. The minimum atomic E-state index is 0.120. The Morgan fingerprint density at radius 3 is 2.93 bits per heavy atom. The number of hydrogen-bond donors (Lipinski definition) is 1. The molecule has 1 aliphatic heterocycles. The summed E-state index contributed by atoms with van der Waals surface area (Å²) in [5.41, 5.74) is 7.58. The maximum Gasteiger partial charge on any atom is 0.254 e. The van der Waals surface area contributed by atoms with Gasteiger partial charge in [-0.25, -0.2) is 0 Å². The molecular formula is C12H16N2O. The highest BCUT2D eigenvalue weighted by molar-refractivity contribution is 5.96. The summed E-state index contributed by atoms with van der Waals surface area (Å²) in [5, 5.41) is 0. The van der Waals surface area contributed by atoms with E-state index in [0.717, 1.165) is 24.1 Å². The average Bonchev–Trinajstić information content (AvgIpc) is 2.29. The van der Waals surface area contributed by atoms with Gasteiger partial charge >= 0.3 is 0 Å². The van der Waals surface area contributed by atoms with Crippen LogP contribution in [0.25, 0.3) is 0 Å². The SMILES string of the molecule is CC(CN)N1CCc2ccccc2C1=O. The molecule has 15 heavy (non-hydrogen) atoms. The second-order valence-electron chi connectivity index (χ2n) is 3.99. The highest BCUT2D eigenvalue weighted by atomic mass is 16.2. The lowest BCUT2D eigenvalue weighted by Gasteiger charge is -2.32. The van der Waals surface area contributed by atoms with E-state index in [4.69, 9.17) is 5.73 Å². The third-order valence-electron chi connectivity index (χ3n) is 3.00. The van der Waals surface area contributed by atoms with E-state index in [-0.39, 0.29) is 11.9 Å². The quantitative estimate of drug-likeness (QED) is 0.782. The molecule has 2 N–H and O–H groups in total. The Hall–Kier alpha value is -1.35. The van der Waals surface area contributed by atoms with Crippen LogP contribution in [0.2, 0.25) is 0 Å². The Balaban J connectivity index is 2.30. The molecule has 0 bridgehead atoms. The standard InChI is InChI=1S/C12H16N2O/c1-9(8-13)14-7-6-10-4-2-3-5-11(10)12(14)15/h2-5,9H,6-8,13H2,1H3. The van der Waals surface area contributed by atoms with E-state index < -0.39 is 0 Å². The number of fused-ring (bicyclic) bond motifs is 1. The van der Waals surface area contributed by atoms with E-state index in [0.29, 0.717) is 6.54 Å². The molecule has 1 unspecified atom stereocenters. The molecule has 1 atom stereocenters. The number of carbonyl (C=O) groups excluding carboxylic acids is 1. The highest BCUT2D eigenvalue weighted by Crippen LogP contribution is 2.19. The van der Waals surface area contributed by atoms with Gasteiger partial charge in [0.25, 0.3) is 5.91 Å². The molecule has 0 fully saturated rings. The van der Waals surface area contributed by atoms with Crippen LogP contribution >= 0.6 is 0 Å². The number of nitrogens with zero attached hydrogens (tertiary/aromatic N) is 1. The number of amides is 1. The van der Waals surface area contributed by atoms with Crippen molar-refractivity contribution in [1.29, 1.82) is 0 Å². The molecule has 0 aromatic heterocycles. The summed E-state index contributed by atoms with van der Waals surface area (Å²) >= 11 is 0. The monoisotopic (exact) mass is 204 g/mol. The summed E-state index contributed by atoms with van der Waals surface area (Å²) in [7, 11) is 0. The van der Waals surface area contributed by atoms with Crippen molar-refractivity contribution in [3.05, 3.63) is 35.4 Å². The summed E-state index contributed by atoms with van der Waals surface area (Å²) < 4.78 is 0. The Bertz CT molecular complexity index is 376. The average molecular weight is 204 g/mol. The smallest absolute Gasteiger partial charge is 0.254 e. The molecule has 1 amide bonds. The summed E-state index contributed by atoms with van der Waals surface area (Å²) in [4.78, 5) is 14.0. The van der Waals surface area contributed by atoms with Crippen LogP contribution in [0.5, 0.6) is 0 Å². The van der Waals surface area contributed by atoms with E-state index in [9.17, 15) is 4.79 Å². The second kappa shape index (κ2) is 4.03. The third kappa shape index (κ3) is 1.75. The first-order valence-corrected chi connectivity index (χ1v) is 5.33. The van der Waals surface area contributed by atoms with Crippen molar-refractivity contribution in [3.63, 3.8) is 0 Å². The van der Waals surface area contributed by atoms with Crippen LogP contribution < -0.4 is 5.73 Å². The van der Waals surface area contributed by atoms with Gasteiger partial charge in [0.2, 0.25) is 0 Å². The summed E-state index contributed by atoms with van der Waals surface area (Å²) in [5.74, 6) is 0.120. The van der Waals surface area contributed by atoms with Gasteiger partial charge in [0.1, 0.15) is 0 Å². The first kappa shape index (κ1) is 10.2. The van der Waals surface area contributed by atoms with Gasteiger partial charge in [0.15, 0.2) is 0 Å². The Morgan fingerprint density at radius 2 is 2.20 bits per heavy atom. The lowest BCUT2D eigenvalue weighted by molar-refractivity contribution is 0.0680. The van der Waals surface area contributed by atoms with Gasteiger partial charge in [-0.3, -0.25) is 4.79 Å². The zero-order chi connectivity index (χ0) is 10.8. The minimum absolute atomic E-state index is 0.120. The van der Waals surface area contributed by atoms with E-state index in [1.807, 2.05) is 36.1 Å². The fourth-order valence-corrected chi connectivity index (χ4v) is 1.99. The lowest BCUT2D eigenvalue weighted by Crippen LogP contribution is -2.46. The van der Waals surface area contributed by atoms with Crippen LogP contribution in [-0.4, -0.2) is 29.9 Å². The molecule has 3 nitrogen and oxygen atoms in total. The molecule has 0 radical (unpaired) electrons. The van der Waals surface area contributed by atoms with Crippen LogP contribution in [0.3, 0.4) is 0 Å². The third-order valence-corrected chi connectivity index (χ3v) is 3.00. The predicted octanol–water partition coefficient (Wildman–Crippen LogP) is 1.03. The molecule has 2 rings (SSSR count). The maximum atomic E-state index is 12.1. The van der Waals surface area contributed by atoms with Crippen molar-refractivity contribution in [2.45, 2.75) is 19.4 Å². The maximum absolute atomic E-state index is 12.1. The number of carbonyl (C=O) groups is 1. The number of benzene rings is 1. The molecule has 1 heterocycles. The molecule has 3 heteroatoms. The number of rotatable bonds is 2. The van der Waals surface area contributed by atoms with Crippen molar-refractivity contribution in [3.8, 4) is 0 Å². The molecule has 0 saturated carbocycles. The lowest BCUT2D eigenvalue weighted by atomic mass is 9.98. The van der Waals surface area contributed by atoms with Crippen molar-refractivity contribution in [1.82, 2.24) is 4.90 Å². The zero-order valence-corrected chi connectivity index (χ0v) is 8.94. The van der Waals surface area contributed by atoms with E-state index >= 15 is 0 Å². The topological polar surface area (TPSA) is 46.3 Å². The number of hydrogen-bond acceptors (Lipinski definition) is 2. The minimum Gasteiger partial charge on any atom is -0.334 e. The van der Waals surface area contributed by atoms with E-state index in [1.54, 1.807) is 0 Å². The van der Waals surface area contributed by atoms with Gasteiger partial charge in [-0.2, -0.15) is 0 Å². The van der Waals surface area contributed by atoms with Crippen LogP contribution in [0.15, 0.2) is 24.3 Å². The molecule has 0 saturated heterocycles. The van der Waals surface area contributed by atoms with Gasteiger partial charge < -0.3 is 10.6 Å². The molecule has 1 aliphatic rings. The van der Waals surface area contributed by atoms with Crippen molar-refractivity contribution in [2.24, 2.45) is 5.73 Å². The Labute approximate surface area is 89.9 Å². The van der Waals surface area contributed by atoms with E-state index in [2.05, 4.69) is 0 Å². The normalized spacial score (nSPS) is 17.5. The Kier molecular flexibility index (Phi) is 2.73. The van der Waals surface area contributed by atoms with Crippen LogP contribution in [-0.2, 0) is 6.42 Å². The molecule has 1 aromatic carbocycles. The van der Waals surface area contributed by atoms with Gasteiger partial charge in [0, 0.05) is 24.7 Å². The zero-order valence-electron chi connectivity index (χ0n) is 8.94. The van der Waals surface area contributed by atoms with Gasteiger partial charge in [-0.05, 0) is 25.0 Å². The molecular weight excluding hydrogens is 188 g/mol. The first-order valence-electron chi connectivity index (χ1n) is 5.33. The van der Waals surface area contributed by atoms with Crippen molar-refractivity contribution >= 4 is 5.91 Å². The summed E-state index contributed by atoms with van der Waals surface area (Å²) in [6.07, 6.45) is 0.937. The summed E-state index contributed by atoms with van der Waals surface area (Å²) in [6.45, 7) is 3.30. The molecule has 1 aromatic rings. The largest absolute Gasteiger partial charge is 0.334 e. The van der Waals surface area contributed by atoms with Crippen LogP contribution in [0.4, 0.5) is 0 Å². The second-order valence-corrected chi connectivity index (χ2v) is 3.99. The van der Waals surface area contributed by atoms with Crippen molar-refractivity contribution in [2.75, 3.05) is 13.1 Å². The molecule has 0 spiro atoms. The van der Waals surface area contributed by atoms with E-state index in [1.165, 1.54) is 0 Å². The fraction of sp³-hybridized carbons (Fsp3) is 0.417. The number of nitrogens with two attached hydrogens (primary N) is 1. The summed E-state index contributed by atoms with van der Waals surface area (Å²) in [6, 6.07) is 7.94. The first-order chi connectivity index (χ1) is 7.24. The highest BCUT2D eigenvalue weighted by Gasteiger charge is 2.26.